The Labute approximate surface area is 103 Å². The van der Waals surface area contributed by atoms with Gasteiger partial charge in [0.25, 0.3) is 0 Å². The molecule has 0 heterocycles. The van der Waals surface area contributed by atoms with Gasteiger partial charge in [-0.25, -0.2) is 4.39 Å². The molecule has 0 bridgehead atoms. The first-order chi connectivity index (χ1) is 8.70. The van der Waals surface area contributed by atoms with Crippen LogP contribution in [0.5, 0.6) is 5.75 Å². The molecule has 0 atom stereocenters. The Bertz CT molecular complexity index is 524. The molecule has 0 saturated heterocycles. The van der Waals surface area contributed by atoms with E-state index in [1.807, 2.05) is 0 Å². The molecule has 0 saturated carbocycles. The van der Waals surface area contributed by atoms with Crippen LogP contribution in [0.15, 0.2) is 42.5 Å². The fourth-order valence-corrected chi connectivity index (χ4v) is 1.50. The van der Waals surface area contributed by atoms with Gasteiger partial charge in [-0.3, -0.25) is 0 Å². The fourth-order valence-electron chi connectivity index (χ4n) is 1.50. The van der Waals surface area contributed by atoms with E-state index in [0.29, 0.717) is 0 Å². The lowest BCUT2D eigenvalue weighted by molar-refractivity contribution is 0.279. The summed E-state index contributed by atoms with van der Waals surface area (Å²) >= 11 is 0. The molecule has 2 nitrogen and oxygen atoms in total. The van der Waals surface area contributed by atoms with Gasteiger partial charge in [0.05, 0.1) is 6.61 Å². The highest BCUT2D eigenvalue weighted by Gasteiger charge is 2.08. The number of aliphatic hydroxyl groups excluding tert-OH is 1. The van der Waals surface area contributed by atoms with E-state index in [1.54, 1.807) is 24.3 Å². The maximum atomic E-state index is 13.3. The Balaban J connectivity index is 2.04. The minimum Gasteiger partial charge on any atom is -0.486 e. The summed E-state index contributed by atoms with van der Waals surface area (Å²) in [6.45, 7) is 0.117. The van der Waals surface area contributed by atoms with Gasteiger partial charge in [-0.05, 0) is 23.3 Å². The molecular weight excluding hydrogens is 238 g/mol. The van der Waals surface area contributed by atoms with E-state index >= 15 is 0 Å². The van der Waals surface area contributed by atoms with Crippen LogP contribution in [0.3, 0.4) is 0 Å². The number of benzene rings is 2. The lowest BCUT2D eigenvalue weighted by Gasteiger charge is -2.08. The van der Waals surface area contributed by atoms with Crippen molar-refractivity contribution in [2.45, 2.75) is 13.2 Å². The van der Waals surface area contributed by atoms with Gasteiger partial charge in [0.1, 0.15) is 6.61 Å². The summed E-state index contributed by atoms with van der Waals surface area (Å²) in [5, 5.41) is 8.88. The highest BCUT2D eigenvalue weighted by atomic mass is 19.2. The highest BCUT2D eigenvalue weighted by molar-refractivity contribution is 5.26. The first kappa shape index (κ1) is 12.5. The molecule has 94 valence electrons. The zero-order valence-corrected chi connectivity index (χ0v) is 9.57. The van der Waals surface area contributed by atoms with Crippen molar-refractivity contribution >= 4 is 0 Å². The summed E-state index contributed by atoms with van der Waals surface area (Å²) in [7, 11) is 0. The molecule has 4 heteroatoms. The molecule has 0 amide bonds. The second kappa shape index (κ2) is 5.60. The standard InChI is InChI=1S/C14H12F2O2/c15-12-2-1-3-13(14(12)16)18-9-11-6-4-10(8-17)5-7-11/h1-7,17H,8-9H2. The number of hydrogen-bond donors (Lipinski definition) is 1. The Morgan fingerprint density at radius 2 is 1.61 bits per heavy atom. The van der Waals surface area contributed by atoms with Crippen LogP contribution in [0.2, 0.25) is 0 Å². The average Bonchev–Trinajstić information content (AvgIpc) is 2.41. The lowest BCUT2D eigenvalue weighted by atomic mass is 10.1. The first-order valence-corrected chi connectivity index (χ1v) is 5.46. The number of halogens is 2. The Morgan fingerprint density at radius 1 is 0.944 bits per heavy atom. The number of aliphatic hydroxyl groups is 1. The summed E-state index contributed by atoms with van der Waals surface area (Å²) in [4.78, 5) is 0. The molecule has 2 aromatic carbocycles. The van der Waals surface area contributed by atoms with Crippen molar-refractivity contribution in [2.24, 2.45) is 0 Å². The van der Waals surface area contributed by atoms with Crippen molar-refractivity contribution in [3.8, 4) is 5.75 Å². The van der Waals surface area contributed by atoms with Crippen molar-refractivity contribution in [1.29, 1.82) is 0 Å². The Kier molecular flexibility index (Phi) is 3.89. The van der Waals surface area contributed by atoms with Gasteiger partial charge < -0.3 is 9.84 Å². The van der Waals surface area contributed by atoms with Crippen LogP contribution in [-0.4, -0.2) is 5.11 Å². The zero-order chi connectivity index (χ0) is 13.0. The maximum Gasteiger partial charge on any atom is 0.200 e. The van der Waals surface area contributed by atoms with E-state index in [9.17, 15) is 8.78 Å². The van der Waals surface area contributed by atoms with E-state index in [0.717, 1.165) is 17.2 Å². The molecule has 2 rings (SSSR count). The van der Waals surface area contributed by atoms with Crippen molar-refractivity contribution in [3.05, 3.63) is 65.2 Å². The molecule has 0 radical (unpaired) electrons. The van der Waals surface area contributed by atoms with Crippen LogP contribution in [0.4, 0.5) is 8.78 Å². The van der Waals surface area contributed by atoms with E-state index in [-0.39, 0.29) is 19.0 Å². The van der Waals surface area contributed by atoms with Crippen LogP contribution >= 0.6 is 0 Å². The van der Waals surface area contributed by atoms with Gasteiger partial charge in [-0.15, -0.1) is 0 Å². The van der Waals surface area contributed by atoms with E-state index in [4.69, 9.17) is 9.84 Å². The van der Waals surface area contributed by atoms with Gasteiger partial charge in [0.2, 0.25) is 5.82 Å². The van der Waals surface area contributed by atoms with Gasteiger partial charge in [-0.2, -0.15) is 4.39 Å². The molecule has 0 aliphatic heterocycles. The molecule has 0 fully saturated rings. The third-order valence-corrected chi connectivity index (χ3v) is 2.52. The van der Waals surface area contributed by atoms with E-state index in [2.05, 4.69) is 0 Å². The molecule has 18 heavy (non-hydrogen) atoms. The second-order valence-electron chi connectivity index (χ2n) is 3.82. The van der Waals surface area contributed by atoms with E-state index in [1.165, 1.54) is 12.1 Å². The number of ether oxygens (including phenoxy) is 1. The topological polar surface area (TPSA) is 29.5 Å². The van der Waals surface area contributed by atoms with Crippen molar-refractivity contribution in [3.63, 3.8) is 0 Å². The molecule has 1 N–H and O–H groups in total. The number of hydrogen-bond acceptors (Lipinski definition) is 2. The normalized spacial score (nSPS) is 10.4. The predicted octanol–water partition coefficient (Wildman–Crippen LogP) is 3.04. The smallest absolute Gasteiger partial charge is 0.200 e. The minimum absolute atomic E-state index is 0.0281. The van der Waals surface area contributed by atoms with Crippen LogP contribution in [-0.2, 0) is 13.2 Å². The molecule has 2 aromatic rings. The molecule has 0 unspecified atom stereocenters. The maximum absolute atomic E-state index is 13.3. The minimum atomic E-state index is -0.982. The molecular formula is C14H12F2O2. The van der Waals surface area contributed by atoms with E-state index < -0.39 is 11.6 Å². The highest BCUT2D eigenvalue weighted by Crippen LogP contribution is 2.20. The van der Waals surface area contributed by atoms with Crippen molar-refractivity contribution < 1.29 is 18.6 Å². The van der Waals surface area contributed by atoms with Crippen LogP contribution in [0.25, 0.3) is 0 Å². The van der Waals surface area contributed by atoms with Gasteiger partial charge in [0, 0.05) is 0 Å². The average molecular weight is 250 g/mol. The summed E-state index contributed by atoms with van der Waals surface area (Å²) in [5.74, 6) is -2.02. The van der Waals surface area contributed by atoms with Gasteiger partial charge in [0.15, 0.2) is 11.6 Å². The first-order valence-electron chi connectivity index (χ1n) is 5.46. The molecule has 0 aliphatic rings. The molecule has 0 aromatic heterocycles. The summed E-state index contributed by atoms with van der Waals surface area (Å²) in [6, 6.07) is 10.8. The Morgan fingerprint density at radius 3 is 2.28 bits per heavy atom. The molecule has 0 spiro atoms. The third kappa shape index (κ3) is 2.84. The summed E-state index contributed by atoms with van der Waals surface area (Å²) in [6.07, 6.45) is 0. The van der Waals surface area contributed by atoms with Crippen LogP contribution in [0.1, 0.15) is 11.1 Å². The molecule has 0 aliphatic carbocycles. The Hall–Kier alpha value is -1.94. The van der Waals surface area contributed by atoms with Crippen LogP contribution in [0, 0.1) is 11.6 Å². The summed E-state index contributed by atoms with van der Waals surface area (Å²) in [5.41, 5.74) is 1.60. The summed E-state index contributed by atoms with van der Waals surface area (Å²) < 4.78 is 31.4. The predicted molar refractivity (Wildman–Crippen MR) is 63.1 cm³/mol. The van der Waals surface area contributed by atoms with Crippen LogP contribution < -0.4 is 4.74 Å². The zero-order valence-electron chi connectivity index (χ0n) is 9.57. The monoisotopic (exact) mass is 250 g/mol. The quantitative estimate of drug-likeness (QED) is 0.903. The van der Waals surface area contributed by atoms with Gasteiger partial charge in [-0.1, -0.05) is 30.3 Å². The van der Waals surface area contributed by atoms with Crippen molar-refractivity contribution in [1.82, 2.24) is 0 Å². The second-order valence-corrected chi connectivity index (χ2v) is 3.82. The third-order valence-electron chi connectivity index (χ3n) is 2.52. The lowest BCUT2D eigenvalue weighted by Crippen LogP contribution is -1.99. The number of rotatable bonds is 4. The van der Waals surface area contributed by atoms with Gasteiger partial charge >= 0.3 is 0 Å². The fraction of sp³-hybridized carbons (Fsp3) is 0.143. The largest absolute Gasteiger partial charge is 0.486 e. The SMILES string of the molecule is OCc1ccc(COc2cccc(F)c2F)cc1. The van der Waals surface area contributed by atoms with Crippen molar-refractivity contribution in [2.75, 3.05) is 0 Å².